The minimum absolute atomic E-state index is 0.0255. The van der Waals surface area contributed by atoms with Crippen LogP contribution in [0.25, 0.3) is 0 Å². The summed E-state index contributed by atoms with van der Waals surface area (Å²) in [5, 5.41) is 16.2. The Kier molecular flexibility index (Phi) is 15.5. The lowest BCUT2D eigenvalue weighted by Gasteiger charge is -2.23. The first-order chi connectivity index (χ1) is 15.6. The summed E-state index contributed by atoms with van der Waals surface area (Å²) in [6.07, 6.45) is 6.99. The molecule has 33 heavy (non-hydrogen) atoms. The van der Waals surface area contributed by atoms with Gasteiger partial charge in [0.2, 0.25) is 12.2 Å². The molecule has 0 aliphatic carbocycles. The Morgan fingerprint density at radius 3 is 1.91 bits per heavy atom. The molecule has 2 N–H and O–H groups in total. The van der Waals surface area contributed by atoms with Crippen LogP contribution in [0.15, 0.2) is 34.3 Å². The summed E-state index contributed by atoms with van der Waals surface area (Å²) in [6, 6.07) is 7.51. The first-order valence-electron chi connectivity index (χ1n) is 10.9. The molecule has 1 aromatic carbocycles. The highest BCUT2D eigenvalue weighted by atomic mass is 16.5. The molecular formula is C24H36N2O7. The van der Waals surface area contributed by atoms with Gasteiger partial charge >= 0.3 is 5.97 Å². The third-order valence-corrected chi connectivity index (χ3v) is 4.69. The van der Waals surface area contributed by atoms with Crippen molar-refractivity contribution in [2.45, 2.75) is 64.5 Å². The topological polar surface area (TPSA) is 135 Å². The second kappa shape index (κ2) is 16.9. The maximum Gasteiger partial charge on any atom is 0.305 e. The average Bonchev–Trinajstić information content (AvgIpc) is 3.02. The predicted octanol–water partition coefficient (Wildman–Crippen LogP) is 2.92. The second-order valence-electron chi connectivity index (χ2n) is 8.20. The second-order valence-corrected chi connectivity index (χ2v) is 8.20. The van der Waals surface area contributed by atoms with E-state index in [1.165, 1.54) is 0 Å². The molecule has 1 aromatic rings. The first-order valence-corrected chi connectivity index (χ1v) is 10.9. The third-order valence-electron chi connectivity index (χ3n) is 4.69. The number of rotatable bonds is 8. The molecule has 0 saturated carbocycles. The van der Waals surface area contributed by atoms with E-state index in [0.717, 1.165) is 30.4 Å². The van der Waals surface area contributed by atoms with E-state index in [2.05, 4.69) is 14.7 Å². The number of cyclic esters (lactones) is 1. The van der Waals surface area contributed by atoms with E-state index in [1.54, 1.807) is 12.2 Å². The molecule has 0 unspecified atom stereocenters. The summed E-state index contributed by atoms with van der Waals surface area (Å²) in [7, 11) is 0. The molecule has 184 valence electrons. The van der Waals surface area contributed by atoms with Gasteiger partial charge in [0.05, 0.1) is 44.1 Å². The highest BCUT2D eigenvalue weighted by molar-refractivity contribution is 5.69. The van der Waals surface area contributed by atoms with Crippen LogP contribution in [0.1, 0.15) is 64.5 Å². The Morgan fingerprint density at radius 2 is 1.45 bits per heavy atom. The van der Waals surface area contributed by atoms with E-state index in [9.17, 15) is 14.4 Å². The number of aliphatic hydroxyl groups is 2. The lowest BCUT2D eigenvalue weighted by Crippen LogP contribution is -2.18. The quantitative estimate of drug-likeness (QED) is 0.261. The molecule has 1 aliphatic rings. The van der Waals surface area contributed by atoms with E-state index in [4.69, 9.17) is 14.9 Å². The molecule has 1 fully saturated rings. The summed E-state index contributed by atoms with van der Waals surface area (Å²) in [6.45, 7) is 8.64. The smallest absolute Gasteiger partial charge is 0.305 e. The van der Waals surface area contributed by atoms with Crippen LogP contribution in [0.5, 0.6) is 0 Å². The van der Waals surface area contributed by atoms with Crippen LogP contribution in [0.4, 0.5) is 0 Å². The van der Waals surface area contributed by atoms with Crippen LogP contribution in [0.3, 0.4) is 0 Å². The number of carbonyl (C=O) groups is 1. The fourth-order valence-electron chi connectivity index (χ4n) is 2.68. The highest BCUT2D eigenvalue weighted by Crippen LogP contribution is 2.30. The van der Waals surface area contributed by atoms with Gasteiger partial charge < -0.3 is 19.7 Å². The zero-order valence-electron chi connectivity index (χ0n) is 20.0. The average molecular weight is 465 g/mol. The van der Waals surface area contributed by atoms with Gasteiger partial charge in [0, 0.05) is 6.42 Å². The van der Waals surface area contributed by atoms with Crippen molar-refractivity contribution < 1.29 is 34.1 Å². The largest absolute Gasteiger partial charge is 0.466 e. The Morgan fingerprint density at radius 1 is 0.939 bits per heavy atom. The molecule has 0 radical (unpaired) electrons. The van der Waals surface area contributed by atoms with Gasteiger partial charge in [0.25, 0.3) is 0 Å². The minimum Gasteiger partial charge on any atom is -0.466 e. The van der Waals surface area contributed by atoms with E-state index in [-0.39, 0.29) is 19.2 Å². The Hall–Kier alpha value is -2.67. The van der Waals surface area contributed by atoms with Crippen molar-refractivity contribution in [1.29, 1.82) is 0 Å². The van der Waals surface area contributed by atoms with Crippen LogP contribution in [-0.2, 0) is 34.9 Å². The highest BCUT2D eigenvalue weighted by Gasteiger charge is 2.24. The Labute approximate surface area is 195 Å². The fraction of sp³-hybridized carbons (Fsp3) is 0.625. The van der Waals surface area contributed by atoms with Crippen molar-refractivity contribution >= 4 is 18.1 Å². The lowest BCUT2D eigenvalue weighted by molar-refractivity contribution is -0.142. The number of esters is 1. The predicted molar refractivity (Wildman–Crippen MR) is 123 cm³/mol. The van der Waals surface area contributed by atoms with Gasteiger partial charge in [-0.2, -0.15) is 9.98 Å². The fourth-order valence-corrected chi connectivity index (χ4v) is 2.68. The van der Waals surface area contributed by atoms with Crippen molar-refractivity contribution in [1.82, 2.24) is 0 Å². The maximum absolute atomic E-state index is 10.5. The number of carbonyl (C=O) groups excluding carboxylic acids is 3. The van der Waals surface area contributed by atoms with E-state index in [1.807, 2.05) is 52.0 Å². The molecule has 0 amide bonds. The lowest BCUT2D eigenvalue weighted by atomic mass is 9.88. The minimum atomic E-state index is -0.640. The van der Waals surface area contributed by atoms with E-state index in [0.29, 0.717) is 26.2 Å². The zero-order valence-corrected chi connectivity index (χ0v) is 20.0. The zero-order chi connectivity index (χ0) is 25.2. The van der Waals surface area contributed by atoms with Crippen molar-refractivity contribution in [2.75, 3.05) is 33.0 Å². The summed E-state index contributed by atoms with van der Waals surface area (Å²) in [4.78, 5) is 38.9. The van der Waals surface area contributed by atoms with Gasteiger partial charge in [-0.1, -0.05) is 24.3 Å². The van der Waals surface area contributed by atoms with Crippen molar-refractivity contribution in [2.24, 2.45) is 9.98 Å². The van der Waals surface area contributed by atoms with Crippen LogP contribution in [0.2, 0.25) is 0 Å². The standard InChI is InChI=1S/C14H16N2O2.C6H10O2.C4H10O3/c1-13(2,15-9-17)11-6-5-7-12(8-11)14(3,4)16-10-18;7-6-4-2-1-3-5-8-6;5-1-3-7-4-2-6/h5-8H,1-4H3;1-5H2;5-6H,1-4H2. The Balaban J connectivity index is 0.000000560. The first kappa shape index (κ1) is 30.3. The van der Waals surface area contributed by atoms with Crippen molar-refractivity contribution in [3.63, 3.8) is 0 Å². The van der Waals surface area contributed by atoms with Crippen molar-refractivity contribution in [3.05, 3.63) is 35.4 Å². The number of ether oxygens (including phenoxy) is 2. The number of aliphatic hydroxyl groups excluding tert-OH is 2. The number of benzene rings is 1. The summed E-state index contributed by atoms with van der Waals surface area (Å²) in [5.41, 5.74) is 0.465. The van der Waals surface area contributed by atoms with Crippen LogP contribution < -0.4 is 0 Å². The number of hydrogen-bond acceptors (Lipinski definition) is 9. The number of aliphatic imine (C=N–C) groups is 2. The third kappa shape index (κ3) is 13.5. The molecule has 9 heteroatoms. The Bertz CT molecular complexity index is 737. The number of hydrogen-bond donors (Lipinski definition) is 2. The van der Waals surface area contributed by atoms with Gasteiger partial charge in [0.1, 0.15) is 0 Å². The van der Waals surface area contributed by atoms with Crippen LogP contribution in [0, 0.1) is 0 Å². The normalized spacial score (nSPS) is 13.5. The number of nitrogens with zero attached hydrogens (tertiary/aromatic N) is 2. The van der Waals surface area contributed by atoms with Crippen LogP contribution >= 0.6 is 0 Å². The SMILES string of the molecule is CC(C)(N=C=O)c1cccc(C(C)(C)N=C=O)c1.O=C1CCCCCO1.OCCOCCO. The van der Waals surface area contributed by atoms with Gasteiger partial charge in [0.15, 0.2) is 0 Å². The van der Waals surface area contributed by atoms with E-state index >= 15 is 0 Å². The van der Waals surface area contributed by atoms with Gasteiger partial charge in [-0.3, -0.25) is 4.79 Å². The van der Waals surface area contributed by atoms with Crippen molar-refractivity contribution in [3.8, 4) is 0 Å². The van der Waals surface area contributed by atoms with Gasteiger partial charge in [-0.05, 0) is 58.1 Å². The summed E-state index contributed by atoms with van der Waals surface area (Å²) in [5.74, 6) is -0.0255. The van der Waals surface area contributed by atoms with E-state index < -0.39 is 11.1 Å². The molecule has 0 aromatic heterocycles. The maximum atomic E-state index is 10.5. The van der Waals surface area contributed by atoms with Gasteiger partial charge in [-0.15, -0.1) is 0 Å². The molecule has 0 spiro atoms. The molecule has 1 aliphatic heterocycles. The molecule has 0 atom stereocenters. The summed E-state index contributed by atoms with van der Waals surface area (Å²) < 4.78 is 9.40. The molecule has 9 nitrogen and oxygen atoms in total. The molecular weight excluding hydrogens is 428 g/mol. The monoisotopic (exact) mass is 464 g/mol. The molecule has 0 bridgehead atoms. The molecule has 1 heterocycles. The molecule has 1 saturated heterocycles. The van der Waals surface area contributed by atoms with Gasteiger partial charge in [-0.25, -0.2) is 9.59 Å². The summed E-state index contributed by atoms with van der Waals surface area (Å²) >= 11 is 0. The number of isocyanates is 2. The molecule has 2 rings (SSSR count). The van der Waals surface area contributed by atoms with Crippen LogP contribution in [-0.4, -0.2) is 61.4 Å².